The molecule has 0 aromatic heterocycles. The summed E-state index contributed by atoms with van der Waals surface area (Å²) in [5.74, 6) is 1.86. The van der Waals surface area contributed by atoms with Crippen molar-refractivity contribution >= 4 is 35.8 Å². The van der Waals surface area contributed by atoms with E-state index < -0.39 is 0 Å². The lowest BCUT2D eigenvalue weighted by Gasteiger charge is -2.34. The Labute approximate surface area is 192 Å². The summed E-state index contributed by atoms with van der Waals surface area (Å²) in [6, 6.07) is 8.18. The maximum Gasteiger partial charge on any atom is 0.217 e. The number of guanidine groups is 1. The second-order valence-corrected chi connectivity index (χ2v) is 7.67. The van der Waals surface area contributed by atoms with Gasteiger partial charge in [-0.2, -0.15) is 0 Å². The molecule has 1 aromatic carbocycles. The summed E-state index contributed by atoms with van der Waals surface area (Å²) in [5.41, 5.74) is 6.53. The highest BCUT2D eigenvalue weighted by molar-refractivity contribution is 14.0. The zero-order valence-corrected chi connectivity index (χ0v) is 20.2. The van der Waals surface area contributed by atoms with Crippen molar-refractivity contribution in [1.29, 1.82) is 0 Å². The predicted molar refractivity (Wildman–Crippen MR) is 129 cm³/mol. The summed E-state index contributed by atoms with van der Waals surface area (Å²) in [7, 11) is 5.93. The van der Waals surface area contributed by atoms with E-state index in [0.29, 0.717) is 18.9 Å². The number of halogens is 1. The van der Waals surface area contributed by atoms with E-state index in [0.717, 1.165) is 57.2 Å². The Morgan fingerprint density at radius 3 is 2.69 bits per heavy atom. The second kappa shape index (κ2) is 13.6. The zero-order chi connectivity index (χ0) is 20.4. The molecule has 0 bridgehead atoms. The number of nitrogens with zero attached hydrogens (tertiary/aromatic N) is 3. The first kappa shape index (κ1) is 25.5. The van der Waals surface area contributed by atoms with E-state index in [1.54, 1.807) is 7.05 Å². The Kier molecular flexibility index (Phi) is 12.0. The van der Waals surface area contributed by atoms with Crippen LogP contribution >= 0.6 is 24.0 Å². The zero-order valence-electron chi connectivity index (χ0n) is 17.9. The molecule has 164 valence electrons. The molecule has 7 nitrogen and oxygen atoms in total. The summed E-state index contributed by atoms with van der Waals surface area (Å²) < 4.78 is 5.78. The first-order valence-electron chi connectivity index (χ1n) is 10.1. The molecule has 1 unspecified atom stereocenters. The van der Waals surface area contributed by atoms with Gasteiger partial charge in [0.05, 0.1) is 6.61 Å². The van der Waals surface area contributed by atoms with Crippen LogP contribution in [0.15, 0.2) is 29.3 Å². The molecule has 0 spiro atoms. The van der Waals surface area contributed by atoms with E-state index in [-0.39, 0.29) is 29.9 Å². The Bertz CT molecular complexity index is 636. The molecular weight excluding hydrogens is 481 g/mol. The third-order valence-corrected chi connectivity index (χ3v) is 4.91. The molecule has 1 amide bonds. The van der Waals surface area contributed by atoms with Gasteiger partial charge in [-0.05, 0) is 57.0 Å². The quantitative estimate of drug-likeness (QED) is 0.227. The van der Waals surface area contributed by atoms with Crippen LogP contribution in [0.3, 0.4) is 0 Å². The normalized spacial score (nSPS) is 17.0. The van der Waals surface area contributed by atoms with Crippen LogP contribution < -0.4 is 15.8 Å². The number of nitrogens with two attached hydrogens (primary N) is 1. The number of piperidine rings is 1. The third-order valence-electron chi connectivity index (χ3n) is 4.91. The molecule has 1 aromatic rings. The van der Waals surface area contributed by atoms with Gasteiger partial charge in [0.15, 0.2) is 5.96 Å². The van der Waals surface area contributed by atoms with Crippen LogP contribution in [0.2, 0.25) is 0 Å². The smallest absolute Gasteiger partial charge is 0.217 e. The number of benzene rings is 1. The third kappa shape index (κ3) is 9.66. The van der Waals surface area contributed by atoms with Gasteiger partial charge in [-0.3, -0.25) is 9.79 Å². The van der Waals surface area contributed by atoms with E-state index in [4.69, 9.17) is 10.5 Å². The molecule has 0 saturated carbocycles. The monoisotopic (exact) mass is 517 g/mol. The van der Waals surface area contributed by atoms with Crippen molar-refractivity contribution in [1.82, 2.24) is 15.1 Å². The van der Waals surface area contributed by atoms with E-state index in [1.165, 1.54) is 5.56 Å². The van der Waals surface area contributed by atoms with Gasteiger partial charge in [0.2, 0.25) is 5.91 Å². The minimum Gasteiger partial charge on any atom is -0.494 e. The van der Waals surface area contributed by atoms with Crippen molar-refractivity contribution in [3.8, 4) is 5.75 Å². The average Bonchev–Trinajstić information content (AvgIpc) is 2.66. The number of amides is 1. The molecule has 1 aliphatic heterocycles. The number of ether oxygens (including phenoxy) is 1. The molecule has 29 heavy (non-hydrogen) atoms. The molecule has 2 rings (SSSR count). The number of primary amides is 1. The number of hydrogen-bond donors (Lipinski definition) is 2. The van der Waals surface area contributed by atoms with Crippen LogP contribution in [-0.4, -0.2) is 69.1 Å². The highest BCUT2D eigenvalue weighted by atomic mass is 127. The number of carbonyl (C=O) groups is 1. The summed E-state index contributed by atoms with van der Waals surface area (Å²) in [6.45, 7) is 4.23. The van der Waals surface area contributed by atoms with Crippen LogP contribution in [0.5, 0.6) is 5.75 Å². The fourth-order valence-corrected chi connectivity index (χ4v) is 3.50. The Hall–Kier alpha value is -1.55. The van der Waals surface area contributed by atoms with Crippen LogP contribution in [0.4, 0.5) is 0 Å². The minimum absolute atomic E-state index is 0. The lowest BCUT2D eigenvalue weighted by atomic mass is 9.95. The van der Waals surface area contributed by atoms with Gasteiger partial charge in [-0.1, -0.05) is 12.1 Å². The molecule has 8 heteroatoms. The van der Waals surface area contributed by atoms with Crippen LogP contribution in [-0.2, 0) is 11.3 Å². The molecular formula is C21H36IN5O2. The Morgan fingerprint density at radius 2 is 2.07 bits per heavy atom. The fourth-order valence-electron chi connectivity index (χ4n) is 3.50. The van der Waals surface area contributed by atoms with Gasteiger partial charge in [-0.15, -0.1) is 24.0 Å². The molecule has 0 aliphatic carbocycles. The SMILES string of the molecule is CN=C(NCc1ccc(OCCCN(C)C)cc1)N1CCCC(CC(N)=O)C1.I. The van der Waals surface area contributed by atoms with Gasteiger partial charge >= 0.3 is 0 Å². The van der Waals surface area contributed by atoms with E-state index in [1.807, 2.05) is 12.1 Å². The number of aliphatic imine (C=N–C) groups is 1. The Balaban J connectivity index is 0.00000420. The maximum absolute atomic E-state index is 11.2. The van der Waals surface area contributed by atoms with Crippen molar-refractivity contribution in [2.75, 3.05) is 47.4 Å². The maximum atomic E-state index is 11.2. The fraction of sp³-hybridized carbons (Fsp3) is 0.619. The molecule has 1 fully saturated rings. The molecule has 3 N–H and O–H groups in total. The van der Waals surface area contributed by atoms with Gasteiger partial charge in [0.1, 0.15) is 5.75 Å². The van der Waals surface area contributed by atoms with E-state index >= 15 is 0 Å². The number of nitrogens with one attached hydrogen (secondary N) is 1. The first-order valence-corrected chi connectivity index (χ1v) is 10.1. The topological polar surface area (TPSA) is 83.2 Å². The number of hydrogen-bond acceptors (Lipinski definition) is 4. The van der Waals surface area contributed by atoms with Crippen LogP contribution in [0, 0.1) is 5.92 Å². The van der Waals surface area contributed by atoms with Gasteiger partial charge in [0.25, 0.3) is 0 Å². The number of rotatable bonds is 9. The molecule has 0 radical (unpaired) electrons. The minimum atomic E-state index is -0.223. The van der Waals surface area contributed by atoms with Crippen LogP contribution in [0.1, 0.15) is 31.2 Å². The summed E-state index contributed by atoms with van der Waals surface area (Å²) in [5, 5.41) is 3.43. The van der Waals surface area contributed by atoms with Gasteiger partial charge < -0.3 is 25.6 Å². The summed E-state index contributed by atoms with van der Waals surface area (Å²) >= 11 is 0. The van der Waals surface area contributed by atoms with E-state index in [9.17, 15) is 4.79 Å². The average molecular weight is 517 g/mol. The lowest BCUT2D eigenvalue weighted by molar-refractivity contribution is -0.119. The standard InChI is InChI=1S/C21H35N5O2.HI/c1-23-21(26-12-4-6-18(16-26)14-20(22)27)24-15-17-7-9-19(10-8-17)28-13-5-11-25(2)3;/h7-10,18H,4-6,11-16H2,1-3H3,(H2,22,27)(H,23,24);1H. The van der Waals surface area contributed by atoms with Crippen molar-refractivity contribution in [2.24, 2.45) is 16.6 Å². The predicted octanol–water partition coefficient (Wildman–Crippen LogP) is 2.30. The highest BCUT2D eigenvalue weighted by Crippen LogP contribution is 2.19. The van der Waals surface area contributed by atoms with E-state index in [2.05, 4.69) is 46.3 Å². The highest BCUT2D eigenvalue weighted by Gasteiger charge is 2.23. The summed E-state index contributed by atoms with van der Waals surface area (Å²) in [4.78, 5) is 20.0. The van der Waals surface area contributed by atoms with Crippen LogP contribution in [0.25, 0.3) is 0 Å². The van der Waals surface area contributed by atoms with Crippen molar-refractivity contribution < 1.29 is 9.53 Å². The Morgan fingerprint density at radius 1 is 1.34 bits per heavy atom. The first-order chi connectivity index (χ1) is 13.5. The number of likely N-dealkylation sites (tertiary alicyclic amines) is 1. The van der Waals surface area contributed by atoms with Gasteiger partial charge in [-0.25, -0.2) is 0 Å². The van der Waals surface area contributed by atoms with Gasteiger partial charge in [0, 0.05) is 39.6 Å². The molecule has 1 heterocycles. The van der Waals surface area contributed by atoms with Crippen molar-refractivity contribution in [3.05, 3.63) is 29.8 Å². The van der Waals surface area contributed by atoms with Crippen molar-refractivity contribution in [3.63, 3.8) is 0 Å². The largest absolute Gasteiger partial charge is 0.494 e. The molecule has 1 aliphatic rings. The molecule has 1 saturated heterocycles. The summed E-state index contributed by atoms with van der Waals surface area (Å²) in [6.07, 6.45) is 3.56. The lowest BCUT2D eigenvalue weighted by Crippen LogP contribution is -2.46. The number of carbonyl (C=O) groups excluding carboxylic acids is 1. The second-order valence-electron chi connectivity index (χ2n) is 7.67. The molecule has 1 atom stereocenters. The van der Waals surface area contributed by atoms with Crippen molar-refractivity contribution in [2.45, 2.75) is 32.2 Å².